The highest BCUT2D eigenvalue weighted by molar-refractivity contribution is 6.01. The number of rotatable bonds is 0. The SMILES string of the molecule is CC1Nc2ccccc2C(=O)N1N. The van der Waals surface area contributed by atoms with Crippen molar-refractivity contribution < 1.29 is 4.79 Å². The lowest BCUT2D eigenvalue weighted by atomic mass is 10.1. The summed E-state index contributed by atoms with van der Waals surface area (Å²) in [5.41, 5.74) is 1.48. The number of hydrogen-bond donors (Lipinski definition) is 2. The molecule has 0 fully saturated rings. The average Bonchev–Trinajstić information content (AvgIpc) is 2.15. The largest absolute Gasteiger partial charge is 0.364 e. The van der Waals surface area contributed by atoms with Gasteiger partial charge in [-0.2, -0.15) is 0 Å². The zero-order chi connectivity index (χ0) is 9.42. The van der Waals surface area contributed by atoms with E-state index in [1.807, 2.05) is 25.1 Å². The number of benzene rings is 1. The van der Waals surface area contributed by atoms with Gasteiger partial charge in [0.05, 0.1) is 5.56 Å². The summed E-state index contributed by atoms with van der Waals surface area (Å²) >= 11 is 0. The number of carbonyl (C=O) groups excluding carboxylic acids is 1. The van der Waals surface area contributed by atoms with Gasteiger partial charge in [-0.1, -0.05) is 12.1 Å². The molecule has 1 heterocycles. The molecule has 68 valence electrons. The van der Waals surface area contributed by atoms with Crippen LogP contribution in [0.2, 0.25) is 0 Å². The number of nitrogens with two attached hydrogens (primary N) is 1. The van der Waals surface area contributed by atoms with E-state index in [2.05, 4.69) is 5.32 Å². The van der Waals surface area contributed by atoms with Crippen LogP contribution in [0, 0.1) is 0 Å². The molecule has 3 N–H and O–H groups in total. The number of hydrazine groups is 1. The number of carbonyl (C=O) groups is 1. The number of anilines is 1. The molecule has 1 amide bonds. The highest BCUT2D eigenvalue weighted by Crippen LogP contribution is 2.22. The van der Waals surface area contributed by atoms with E-state index in [0.717, 1.165) is 5.69 Å². The molecule has 0 spiro atoms. The van der Waals surface area contributed by atoms with Gasteiger partial charge in [-0.25, -0.2) is 5.84 Å². The first-order valence-electron chi connectivity index (χ1n) is 4.14. The molecule has 0 aliphatic carbocycles. The first-order chi connectivity index (χ1) is 6.20. The van der Waals surface area contributed by atoms with Gasteiger partial charge in [0.2, 0.25) is 0 Å². The second kappa shape index (κ2) is 2.74. The van der Waals surface area contributed by atoms with Crippen LogP contribution >= 0.6 is 0 Å². The van der Waals surface area contributed by atoms with E-state index in [1.54, 1.807) is 6.07 Å². The highest BCUT2D eigenvalue weighted by atomic mass is 16.2. The van der Waals surface area contributed by atoms with Crippen molar-refractivity contribution in [3.05, 3.63) is 29.8 Å². The van der Waals surface area contributed by atoms with Crippen molar-refractivity contribution in [2.75, 3.05) is 5.32 Å². The van der Waals surface area contributed by atoms with Gasteiger partial charge in [-0.05, 0) is 19.1 Å². The van der Waals surface area contributed by atoms with Gasteiger partial charge in [0.1, 0.15) is 6.17 Å². The monoisotopic (exact) mass is 177 g/mol. The molecule has 0 aromatic heterocycles. The molecule has 4 heteroatoms. The molecule has 1 aliphatic rings. The summed E-state index contributed by atoms with van der Waals surface area (Å²) in [4.78, 5) is 11.6. The summed E-state index contributed by atoms with van der Waals surface area (Å²) in [5.74, 6) is 5.42. The number of nitrogens with zero attached hydrogens (tertiary/aromatic N) is 1. The molecule has 1 aliphatic heterocycles. The fraction of sp³-hybridized carbons (Fsp3) is 0.222. The maximum absolute atomic E-state index is 11.6. The van der Waals surface area contributed by atoms with Crippen LogP contribution < -0.4 is 11.2 Å². The van der Waals surface area contributed by atoms with Gasteiger partial charge in [-0.3, -0.25) is 9.80 Å². The van der Waals surface area contributed by atoms with Crippen LogP contribution in [0.1, 0.15) is 17.3 Å². The maximum atomic E-state index is 11.6. The van der Waals surface area contributed by atoms with Gasteiger partial charge in [0.25, 0.3) is 5.91 Å². The van der Waals surface area contributed by atoms with Gasteiger partial charge in [0.15, 0.2) is 0 Å². The number of amides is 1. The third-order valence-corrected chi connectivity index (χ3v) is 2.17. The Morgan fingerprint density at radius 2 is 2.15 bits per heavy atom. The van der Waals surface area contributed by atoms with E-state index in [1.165, 1.54) is 5.01 Å². The zero-order valence-electron chi connectivity index (χ0n) is 7.32. The minimum absolute atomic E-state index is 0.137. The summed E-state index contributed by atoms with van der Waals surface area (Å²) in [6.07, 6.45) is -0.151. The van der Waals surface area contributed by atoms with Crippen molar-refractivity contribution in [1.29, 1.82) is 0 Å². The molecular formula is C9H11N3O. The van der Waals surface area contributed by atoms with E-state index in [-0.39, 0.29) is 12.1 Å². The third-order valence-electron chi connectivity index (χ3n) is 2.17. The Hall–Kier alpha value is -1.55. The van der Waals surface area contributed by atoms with Crippen LogP contribution in [0.15, 0.2) is 24.3 Å². The smallest absolute Gasteiger partial charge is 0.271 e. The standard InChI is InChI=1S/C9H11N3O/c1-6-11-8-5-3-2-4-7(8)9(13)12(6)10/h2-6,11H,10H2,1H3. The molecule has 13 heavy (non-hydrogen) atoms. The molecule has 1 aromatic rings. The summed E-state index contributed by atoms with van der Waals surface area (Å²) in [5, 5.41) is 4.32. The first-order valence-corrected chi connectivity index (χ1v) is 4.14. The van der Waals surface area contributed by atoms with Crippen molar-refractivity contribution >= 4 is 11.6 Å². The molecule has 0 radical (unpaired) electrons. The summed E-state index contributed by atoms with van der Waals surface area (Å²) in [6.45, 7) is 1.84. The van der Waals surface area contributed by atoms with Crippen molar-refractivity contribution in [2.24, 2.45) is 5.84 Å². The highest BCUT2D eigenvalue weighted by Gasteiger charge is 2.26. The topological polar surface area (TPSA) is 58.4 Å². The molecule has 0 saturated carbocycles. The number of fused-ring (bicyclic) bond motifs is 1. The second-order valence-corrected chi connectivity index (χ2v) is 3.08. The van der Waals surface area contributed by atoms with E-state index < -0.39 is 0 Å². The lowest BCUT2D eigenvalue weighted by Crippen LogP contribution is -2.51. The number of para-hydroxylation sites is 1. The lowest BCUT2D eigenvalue weighted by molar-refractivity contribution is 0.0698. The molecule has 1 atom stereocenters. The fourth-order valence-corrected chi connectivity index (χ4v) is 1.41. The van der Waals surface area contributed by atoms with Crippen LogP contribution in [0.4, 0.5) is 5.69 Å². The number of nitrogens with one attached hydrogen (secondary N) is 1. The molecule has 0 saturated heterocycles. The Morgan fingerprint density at radius 1 is 1.46 bits per heavy atom. The Morgan fingerprint density at radius 3 is 2.92 bits per heavy atom. The normalized spacial score (nSPS) is 20.9. The van der Waals surface area contributed by atoms with Gasteiger partial charge >= 0.3 is 0 Å². The van der Waals surface area contributed by atoms with Gasteiger partial charge in [0, 0.05) is 5.69 Å². The van der Waals surface area contributed by atoms with Crippen LogP contribution in [0.3, 0.4) is 0 Å². The Bertz CT molecular complexity index is 350. The molecule has 1 aromatic carbocycles. The van der Waals surface area contributed by atoms with E-state index in [9.17, 15) is 4.79 Å². The number of hydrogen-bond acceptors (Lipinski definition) is 3. The van der Waals surface area contributed by atoms with Crippen LogP contribution in [0.25, 0.3) is 0 Å². The summed E-state index contributed by atoms with van der Waals surface area (Å²) in [6, 6.07) is 7.34. The summed E-state index contributed by atoms with van der Waals surface area (Å²) < 4.78 is 0. The fourth-order valence-electron chi connectivity index (χ4n) is 1.41. The maximum Gasteiger partial charge on any atom is 0.271 e. The van der Waals surface area contributed by atoms with E-state index in [4.69, 9.17) is 5.84 Å². The first kappa shape index (κ1) is 8.07. The third kappa shape index (κ3) is 1.15. The minimum Gasteiger partial charge on any atom is -0.364 e. The predicted octanol–water partition coefficient (Wildman–Crippen LogP) is 0.774. The second-order valence-electron chi connectivity index (χ2n) is 3.08. The minimum atomic E-state index is -0.151. The molecule has 1 unspecified atom stereocenters. The molecule has 4 nitrogen and oxygen atoms in total. The summed E-state index contributed by atoms with van der Waals surface area (Å²) in [7, 11) is 0. The van der Waals surface area contributed by atoms with Gasteiger partial charge < -0.3 is 5.32 Å². The van der Waals surface area contributed by atoms with Crippen molar-refractivity contribution in [3.8, 4) is 0 Å². The Labute approximate surface area is 76.3 Å². The molecular weight excluding hydrogens is 166 g/mol. The van der Waals surface area contributed by atoms with Crippen molar-refractivity contribution in [1.82, 2.24) is 5.01 Å². The van der Waals surface area contributed by atoms with Crippen LogP contribution in [-0.2, 0) is 0 Å². The van der Waals surface area contributed by atoms with Crippen molar-refractivity contribution in [2.45, 2.75) is 13.1 Å². The van der Waals surface area contributed by atoms with E-state index >= 15 is 0 Å². The Kier molecular flexibility index (Phi) is 1.70. The van der Waals surface area contributed by atoms with Crippen LogP contribution in [0.5, 0.6) is 0 Å². The average molecular weight is 177 g/mol. The molecule has 2 rings (SSSR count). The van der Waals surface area contributed by atoms with Gasteiger partial charge in [-0.15, -0.1) is 0 Å². The molecule has 0 bridgehead atoms. The van der Waals surface area contributed by atoms with E-state index in [0.29, 0.717) is 5.56 Å². The predicted molar refractivity (Wildman–Crippen MR) is 49.9 cm³/mol. The quantitative estimate of drug-likeness (QED) is 0.454. The van der Waals surface area contributed by atoms with Crippen molar-refractivity contribution in [3.63, 3.8) is 0 Å². The van der Waals surface area contributed by atoms with Crippen LogP contribution in [-0.4, -0.2) is 17.1 Å². The Balaban J connectivity index is 2.49. The lowest BCUT2D eigenvalue weighted by Gasteiger charge is -2.31. The zero-order valence-corrected chi connectivity index (χ0v) is 7.32.